The van der Waals surface area contributed by atoms with Crippen LogP contribution in [0.15, 0.2) is 41.8 Å². The summed E-state index contributed by atoms with van der Waals surface area (Å²) in [5, 5.41) is 8.37. The number of nitrogens with one attached hydrogen (secondary N) is 2. The molecule has 0 radical (unpaired) electrons. The Morgan fingerprint density at radius 2 is 1.71 bits per heavy atom. The van der Waals surface area contributed by atoms with Gasteiger partial charge in [0.1, 0.15) is 17.2 Å². The smallest absolute Gasteiger partial charge is 0.270 e. The lowest BCUT2D eigenvalue weighted by atomic mass is 10.1. The van der Waals surface area contributed by atoms with Crippen molar-refractivity contribution in [2.45, 2.75) is 6.42 Å². The lowest BCUT2D eigenvalue weighted by Gasteiger charge is -2.10. The van der Waals surface area contributed by atoms with Gasteiger partial charge in [0.15, 0.2) is 16.6 Å². The SMILES string of the molecule is COc1ccc(Nc2nc(C(=O)NCCc3ccc(OC)c(OC)c3)cs2)c(OC)c1. The van der Waals surface area contributed by atoms with Crippen LogP contribution in [0.1, 0.15) is 16.1 Å². The van der Waals surface area contributed by atoms with Gasteiger partial charge in [0.25, 0.3) is 5.91 Å². The molecular formula is C22H25N3O5S. The second-order valence-electron chi connectivity index (χ2n) is 6.42. The highest BCUT2D eigenvalue weighted by Crippen LogP contribution is 2.32. The third-order valence-corrected chi connectivity index (χ3v) is 5.29. The number of carbonyl (C=O) groups is 1. The fourth-order valence-electron chi connectivity index (χ4n) is 2.90. The van der Waals surface area contributed by atoms with E-state index in [2.05, 4.69) is 15.6 Å². The minimum atomic E-state index is -0.230. The van der Waals surface area contributed by atoms with Crippen LogP contribution in [-0.2, 0) is 6.42 Å². The molecule has 1 aromatic heterocycles. The molecule has 0 aliphatic carbocycles. The van der Waals surface area contributed by atoms with Crippen molar-refractivity contribution in [2.75, 3.05) is 40.3 Å². The molecule has 3 rings (SSSR count). The van der Waals surface area contributed by atoms with E-state index in [4.69, 9.17) is 18.9 Å². The standard InChI is InChI=1S/C22H25N3O5S/c1-27-15-6-7-16(19(12-15)29-3)24-22-25-17(13-31-22)21(26)23-10-9-14-5-8-18(28-2)20(11-14)30-4/h5-8,11-13H,9-10H2,1-4H3,(H,23,26)(H,24,25). The molecule has 0 unspecified atom stereocenters. The summed E-state index contributed by atoms with van der Waals surface area (Å²) >= 11 is 1.34. The van der Waals surface area contributed by atoms with Crippen LogP contribution in [0, 0.1) is 0 Å². The summed E-state index contributed by atoms with van der Waals surface area (Å²) in [4.78, 5) is 16.8. The predicted octanol–water partition coefficient (Wildman–Crippen LogP) is 3.89. The molecule has 0 spiro atoms. The van der Waals surface area contributed by atoms with E-state index in [1.165, 1.54) is 11.3 Å². The molecule has 0 atom stereocenters. The van der Waals surface area contributed by atoms with Crippen LogP contribution in [0.25, 0.3) is 0 Å². The quantitative estimate of drug-likeness (QED) is 0.491. The van der Waals surface area contributed by atoms with Gasteiger partial charge in [-0.05, 0) is 36.2 Å². The number of amides is 1. The maximum atomic E-state index is 12.5. The fraction of sp³-hybridized carbons (Fsp3) is 0.273. The minimum absolute atomic E-state index is 0.230. The number of ether oxygens (including phenoxy) is 4. The molecule has 0 fully saturated rings. The number of hydrogen-bond donors (Lipinski definition) is 2. The summed E-state index contributed by atoms with van der Waals surface area (Å²) in [7, 11) is 6.37. The number of benzene rings is 2. The molecule has 3 aromatic rings. The molecule has 9 heteroatoms. The Bertz CT molecular complexity index is 1040. The zero-order valence-corrected chi connectivity index (χ0v) is 18.7. The summed E-state index contributed by atoms with van der Waals surface area (Å²) in [6.45, 7) is 0.473. The first-order valence-corrected chi connectivity index (χ1v) is 10.4. The Kier molecular flexibility index (Phi) is 7.55. The van der Waals surface area contributed by atoms with Gasteiger partial charge < -0.3 is 29.6 Å². The maximum absolute atomic E-state index is 12.5. The van der Waals surface area contributed by atoms with E-state index >= 15 is 0 Å². The molecule has 164 valence electrons. The van der Waals surface area contributed by atoms with Gasteiger partial charge in [0.2, 0.25) is 0 Å². The van der Waals surface area contributed by atoms with Crippen molar-refractivity contribution in [3.8, 4) is 23.0 Å². The first-order chi connectivity index (χ1) is 15.1. The van der Waals surface area contributed by atoms with Crippen molar-refractivity contribution in [1.29, 1.82) is 0 Å². The highest BCUT2D eigenvalue weighted by Gasteiger charge is 2.13. The molecule has 0 bridgehead atoms. The number of carbonyl (C=O) groups excluding carboxylic acids is 1. The van der Waals surface area contributed by atoms with Gasteiger partial charge in [-0.15, -0.1) is 11.3 Å². The third kappa shape index (κ3) is 5.58. The summed E-state index contributed by atoms with van der Waals surface area (Å²) < 4.78 is 21.1. The minimum Gasteiger partial charge on any atom is -0.497 e. The summed E-state index contributed by atoms with van der Waals surface area (Å²) in [6, 6.07) is 11.1. The highest BCUT2D eigenvalue weighted by molar-refractivity contribution is 7.14. The van der Waals surface area contributed by atoms with Gasteiger partial charge in [-0.3, -0.25) is 4.79 Å². The largest absolute Gasteiger partial charge is 0.497 e. The third-order valence-electron chi connectivity index (χ3n) is 4.53. The van der Waals surface area contributed by atoms with Crippen molar-refractivity contribution in [2.24, 2.45) is 0 Å². The van der Waals surface area contributed by atoms with Crippen LogP contribution in [0.2, 0.25) is 0 Å². The molecule has 1 heterocycles. The van der Waals surface area contributed by atoms with Gasteiger partial charge in [-0.1, -0.05) is 6.07 Å². The molecule has 0 saturated carbocycles. The van der Waals surface area contributed by atoms with Crippen molar-refractivity contribution >= 4 is 28.1 Å². The normalized spacial score (nSPS) is 10.3. The van der Waals surface area contributed by atoms with E-state index in [-0.39, 0.29) is 5.91 Å². The van der Waals surface area contributed by atoms with E-state index in [1.807, 2.05) is 30.3 Å². The van der Waals surface area contributed by atoms with E-state index in [1.54, 1.807) is 39.9 Å². The van der Waals surface area contributed by atoms with E-state index in [9.17, 15) is 4.79 Å². The van der Waals surface area contributed by atoms with Crippen LogP contribution >= 0.6 is 11.3 Å². The molecule has 0 aliphatic rings. The second kappa shape index (κ2) is 10.5. The molecule has 2 aromatic carbocycles. The van der Waals surface area contributed by atoms with Gasteiger partial charge in [-0.2, -0.15) is 0 Å². The number of nitrogens with zero attached hydrogens (tertiary/aromatic N) is 1. The predicted molar refractivity (Wildman–Crippen MR) is 121 cm³/mol. The van der Waals surface area contributed by atoms with E-state index < -0.39 is 0 Å². The molecule has 0 saturated heterocycles. The van der Waals surface area contributed by atoms with Crippen LogP contribution in [-0.4, -0.2) is 45.9 Å². The molecule has 0 aliphatic heterocycles. The van der Waals surface area contributed by atoms with Crippen molar-refractivity contribution in [3.05, 3.63) is 53.0 Å². The number of methoxy groups -OCH3 is 4. The Hall–Kier alpha value is -3.46. The topological polar surface area (TPSA) is 90.9 Å². The Morgan fingerprint density at radius 1 is 0.935 bits per heavy atom. The van der Waals surface area contributed by atoms with E-state index in [0.29, 0.717) is 46.8 Å². The first kappa shape index (κ1) is 22.2. The second-order valence-corrected chi connectivity index (χ2v) is 7.28. The van der Waals surface area contributed by atoms with Gasteiger partial charge >= 0.3 is 0 Å². The molecule has 1 amide bonds. The van der Waals surface area contributed by atoms with Gasteiger partial charge in [-0.25, -0.2) is 4.98 Å². The first-order valence-electron chi connectivity index (χ1n) is 9.51. The average molecular weight is 444 g/mol. The number of rotatable bonds is 10. The van der Waals surface area contributed by atoms with Crippen molar-refractivity contribution in [3.63, 3.8) is 0 Å². The Morgan fingerprint density at radius 3 is 2.42 bits per heavy atom. The lowest BCUT2D eigenvalue weighted by molar-refractivity contribution is 0.0950. The van der Waals surface area contributed by atoms with Crippen molar-refractivity contribution < 1.29 is 23.7 Å². The Labute approximate surface area is 185 Å². The lowest BCUT2D eigenvalue weighted by Crippen LogP contribution is -2.26. The number of anilines is 2. The number of hydrogen-bond acceptors (Lipinski definition) is 8. The average Bonchev–Trinajstić information content (AvgIpc) is 3.27. The molecule has 8 nitrogen and oxygen atoms in total. The maximum Gasteiger partial charge on any atom is 0.270 e. The van der Waals surface area contributed by atoms with Crippen LogP contribution in [0.5, 0.6) is 23.0 Å². The zero-order chi connectivity index (χ0) is 22.2. The number of thiazole rings is 1. The van der Waals surface area contributed by atoms with Crippen LogP contribution < -0.4 is 29.6 Å². The number of aromatic nitrogens is 1. The van der Waals surface area contributed by atoms with Crippen LogP contribution in [0.3, 0.4) is 0 Å². The molecule has 31 heavy (non-hydrogen) atoms. The van der Waals surface area contributed by atoms with Gasteiger partial charge in [0, 0.05) is 18.0 Å². The molecular weight excluding hydrogens is 418 g/mol. The molecule has 2 N–H and O–H groups in total. The summed E-state index contributed by atoms with van der Waals surface area (Å²) in [5.41, 5.74) is 2.12. The highest BCUT2D eigenvalue weighted by atomic mass is 32.1. The van der Waals surface area contributed by atoms with Crippen molar-refractivity contribution in [1.82, 2.24) is 10.3 Å². The zero-order valence-electron chi connectivity index (χ0n) is 17.9. The fourth-order valence-corrected chi connectivity index (χ4v) is 3.60. The summed E-state index contributed by atoms with van der Waals surface area (Å²) in [6.07, 6.45) is 0.657. The monoisotopic (exact) mass is 443 g/mol. The van der Waals surface area contributed by atoms with Crippen LogP contribution in [0.4, 0.5) is 10.8 Å². The Balaban J connectivity index is 1.57. The van der Waals surface area contributed by atoms with E-state index in [0.717, 1.165) is 11.3 Å². The van der Waals surface area contributed by atoms with Gasteiger partial charge in [0.05, 0.1) is 34.1 Å². The summed E-state index contributed by atoms with van der Waals surface area (Å²) in [5.74, 6) is 2.42.